The van der Waals surface area contributed by atoms with E-state index in [1.807, 2.05) is 0 Å². The van der Waals surface area contributed by atoms with E-state index < -0.39 is 80.7 Å². The van der Waals surface area contributed by atoms with Crippen molar-refractivity contribution in [2.45, 2.75) is 49.7 Å². The van der Waals surface area contributed by atoms with Gasteiger partial charge in [0.2, 0.25) is 0 Å². The average Bonchev–Trinajstić information content (AvgIpc) is 3.33. The number of aromatic amines is 1. The van der Waals surface area contributed by atoms with Crippen molar-refractivity contribution in [3.05, 3.63) is 71.8 Å². The van der Waals surface area contributed by atoms with Gasteiger partial charge in [-0.25, -0.2) is 13.2 Å². The van der Waals surface area contributed by atoms with Gasteiger partial charge in [0.05, 0.1) is 45.2 Å². The quantitative estimate of drug-likeness (QED) is 0.343. The molecule has 2 aromatic carbocycles. The van der Waals surface area contributed by atoms with Gasteiger partial charge in [-0.3, -0.25) is 14.3 Å². The van der Waals surface area contributed by atoms with E-state index in [2.05, 4.69) is 10.3 Å². The largest absolute Gasteiger partial charge is 0.416 e. The van der Waals surface area contributed by atoms with Crippen LogP contribution in [0.4, 0.5) is 26.3 Å². The molecule has 1 saturated heterocycles. The second-order valence-electron chi connectivity index (χ2n) is 9.83. The Morgan fingerprint density at radius 1 is 1.07 bits per heavy atom. The molecule has 230 valence electrons. The smallest absolute Gasteiger partial charge is 0.305 e. The minimum Gasteiger partial charge on any atom is -0.305 e. The van der Waals surface area contributed by atoms with Crippen LogP contribution in [0.1, 0.15) is 30.0 Å². The first kappa shape index (κ1) is 32.3. The van der Waals surface area contributed by atoms with E-state index in [1.165, 1.54) is 30.0 Å². The summed E-state index contributed by atoms with van der Waals surface area (Å²) in [5.41, 5.74) is -4.28. The summed E-state index contributed by atoms with van der Waals surface area (Å²) in [7, 11) is -3.82. The molecule has 8 nitrogen and oxygen atoms in total. The number of hydrogen-bond acceptors (Lipinski definition) is 6. The Morgan fingerprint density at radius 2 is 1.76 bits per heavy atom. The summed E-state index contributed by atoms with van der Waals surface area (Å²) in [6.45, 7) is -0.670. The highest BCUT2D eigenvalue weighted by molar-refractivity contribution is 7.91. The zero-order valence-corrected chi connectivity index (χ0v) is 24.1. The van der Waals surface area contributed by atoms with Crippen molar-refractivity contribution in [3.63, 3.8) is 0 Å². The lowest BCUT2D eigenvalue weighted by Crippen LogP contribution is -2.38. The van der Waals surface area contributed by atoms with Crippen LogP contribution in [0.25, 0.3) is 10.9 Å². The van der Waals surface area contributed by atoms with Crippen LogP contribution in [0, 0.1) is 0 Å². The van der Waals surface area contributed by atoms with Crippen molar-refractivity contribution < 1.29 is 34.8 Å². The predicted octanol–water partition coefficient (Wildman–Crippen LogP) is 4.58. The lowest BCUT2D eigenvalue weighted by atomic mass is 10.0. The lowest BCUT2D eigenvalue weighted by Gasteiger charge is -2.22. The standard InChI is InChI=1S/C25H24Cl2F6N4O4S/c1-2-42(40,41)19-4-3-14(26)7-13(19)9-37-22(38)16-8-18(25(31,32)33)17(20(27)21(16)35-23(37)39)11-36-6-5-15(10-36)34-12-24(28,29)30/h3-4,7-8,15,34H,2,5-6,9-12H2,1H3,(H,35,39)/t15-/m1/s1. The number of fused-ring (bicyclic) bond motifs is 1. The number of benzene rings is 2. The van der Waals surface area contributed by atoms with Crippen molar-refractivity contribution in [1.29, 1.82) is 0 Å². The van der Waals surface area contributed by atoms with Crippen LogP contribution in [0.5, 0.6) is 0 Å². The summed E-state index contributed by atoms with van der Waals surface area (Å²) in [5, 5.41) is 1.33. The van der Waals surface area contributed by atoms with E-state index in [-0.39, 0.29) is 46.3 Å². The Hall–Kier alpha value is -2.59. The van der Waals surface area contributed by atoms with Crippen LogP contribution in [-0.4, -0.2) is 60.5 Å². The summed E-state index contributed by atoms with van der Waals surface area (Å²) in [6.07, 6.45) is -9.18. The molecule has 1 aromatic heterocycles. The highest BCUT2D eigenvalue weighted by Crippen LogP contribution is 2.39. The molecular weight excluding hydrogens is 637 g/mol. The van der Waals surface area contributed by atoms with Gasteiger partial charge < -0.3 is 10.3 Å². The number of likely N-dealkylation sites (tertiary alicyclic amines) is 1. The predicted molar refractivity (Wildman–Crippen MR) is 145 cm³/mol. The van der Waals surface area contributed by atoms with E-state index >= 15 is 0 Å². The summed E-state index contributed by atoms with van der Waals surface area (Å²) in [6, 6.07) is 3.71. The Morgan fingerprint density at radius 3 is 2.38 bits per heavy atom. The van der Waals surface area contributed by atoms with Gasteiger partial charge >= 0.3 is 18.0 Å². The molecule has 1 aliphatic heterocycles. The van der Waals surface area contributed by atoms with E-state index in [0.717, 1.165) is 0 Å². The van der Waals surface area contributed by atoms with Gasteiger partial charge in [0, 0.05) is 30.7 Å². The van der Waals surface area contributed by atoms with Gasteiger partial charge in [0.25, 0.3) is 5.56 Å². The number of rotatable bonds is 8. The molecule has 17 heteroatoms. The minimum absolute atomic E-state index is 0.0159. The normalized spacial score (nSPS) is 16.9. The molecule has 1 aliphatic rings. The summed E-state index contributed by atoms with van der Waals surface area (Å²) in [4.78, 5) is 30.0. The Balaban J connectivity index is 1.77. The third kappa shape index (κ3) is 6.96. The minimum atomic E-state index is -4.98. The Labute approximate surface area is 245 Å². The molecule has 0 amide bonds. The molecule has 0 unspecified atom stereocenters. The van der Waals surface area contributed by atoms with Gasteiger partial charge in [-0.15, -0.1) is 0 Å². The van der Waals surface area contributed by atoms with E-state index in [9.17, 15) is 44.3 Å². The van der Waals surface area contributed by atoms with Crippen molar-refractivity contribution >= 4 is 43.9 Å². The zero-order chi connectivity index (χ0) is 31.2. The van der Waals surface area contributed by atoms with Gasteiger partial charge in [0.15, 0.2) is 9.84 Å². The number of nitrogens with zero attached hydrogens (tertiary/aromatic N) is 2. The average molecular weight is 661 g/mol. The highest BCUT2D eigenvalue weighted by Gasteiger charge is 2.37. The van der Waals surface area contributed by atoms with Crippen molar-refractivity contribution in [1.82, 2.24) is 19.8 Å². The van der Waals surface area contributed by atoms with Gasteiger partial charge in [0.1, 0.15) is 0 Å². The van der Waals surface area contributed by atoms with Crippen molar-refractivity contribution in [3.8, 4) is 0 Å². The summed E-state index contributed by atoms with van der Waals surface area (Å²) >= 11 is 12.4. The molecule has 42 heavy (non-hydrogen) atoms. The maximum atomic E-state index is 14.2. The summed E-state index contributed by atoms with van der Waals surface area (Å²) < 4.78 is 106. The molecule has 1 fully saturated rings. The molecule has 2 heterocycles. The molecule has 0 spiro atoms. The third-order valence-corrected chi connectivity index (χ3v) is 9.42. The first-order valence-corrected chi connectivity index (χ1v) is 14.9. The topological polar surface area (TPSA) is 104 Å². The molecule has 0 saturated carbocycles. The van der Waals surface area contributed by atoms with Crippen LogP contribution in [0.15, 0.2) is 38.8 Å². The molecule has 4 rings (SSSR count). The number of nitrogens with one attached hydrogen (secondary N) is 2. The highest BCUT2D eigenvalue weighted by atomic mass is 35.5. The fourth-order valence-corrected chi connectivity index (χ4v) is 6.49. The van der Waals surface area contributed by atoms with Gasteiger partial charge in [-0.05, 0) is 41.8 Å². The maximum Gasteiger partial charge on any atom is 0.416 e. The summed E-state index contributed by atoms with van der Waals surface area (Å²) in [5.74, 6) is -0.298. The molecular formula is C25H24Cl2F6N4O4S. The van der Waals surface area contributed by atoms with Crippen LogP contribution >= 0.6 is 23.2 Å². The first-order valence-electron chi connectivity index (χ1n) is 12.5. The van der Waals surface area contributed by atoms with E-state index in [4.69, 9.17) is 23.2 Å². The second-order valence-corrected chi connectivity index (χ2v) is 12.9. The van der Waals surface area contributed by atoms with Crippen molar-refractivity contribution in [2.24, 2.45) is 0 Å². The second kappa shape index (κ2) is 11.8. The molecule has 0 bridgehead atoms. The van der Waals surface area contributed by atoms with Crippen LogP contribution in [0.2, 0.25) is 10.0 Å². The van der Waals surface area contributed by atoms with Crippen LogP contribution < -0.4 is 16.6 Å². The number of sulfone groups is 1. The van der Waals surface area contributed by atoms with Gasteiger partial charge in [-0.2, -0.15) is 26.3 Å². The first-order chi connectivity index (χ1) is 19.4. The number of halogens is 8. The SMILES string of the molecule is CCS(=O)(=O)c1ccc(Cl)cc1Cn1c(=O)[nH]c2c(Cl)c(CN3CC[C@@H](NCC(F)(F)F)C3)c(C(F)(F)F)cc2c1=O. The Bertz CT molecular complexity index is 1740. The van der Waals surface area contributed by atoms with Crippen LogP contribution in [-0.2, 0) is 29.1 Å². The molecule has 3 aromatic rings. The lowest BCUT2D eigenvalue weighted by molar-refractivity contribution is -0.138. The number of aromatic nitrogens is 2. The number of alkyl halides is 6. The molecule has 0 radical (unpaired) electrons. The number of hydrogen-bond donors (Lipinski definition) is 2. The van der Waals surface area contributed by atoms with Gasteiger partial charge in [-0.1, -0.05) is 30.1 Å². The monoisotopic (exact) mass is 660 g/mol. The third-order valence-electron chi connectivity index (χ3n) is 6.94. The fourth-order valence-electron chi connectivity index (χ4n) is 4.87. The zero-order valence-electron chi connectivity index (χ0n) is 21.8. The van der Waals surface area contributed by atoms with E-state index in [0.29, 0.717) is 10.6 Å². The molecule has 1 atom stereocenters. The molecule has 2 N–H and O–H groups in total. The van der Waals surface area contributed by atoms with Crippen LogP contribution in [0.3, 0.4) is 0 Å². The fraction of sp³-hybridized carbons (Fsp3) is 0.440. The van der Waals surface area contributed by atoms with Crippen molar-refractivity contribution in [2.75, 3.05) is 25.4 Å². The number of H-pyrrole nitrogens is 1. The van der Waals surface area contributed by atoms with E-state index in [1.54, 1.807) is 0 Å². The molecule has 0 aliphatic carbocycles. The maximum absolute atomic E-state index is 14.2. The Kier molecular flexibility index (Phi) is 9.11.